The van der Waals surface area contributed by atoms with Gasteiger partial charge >= 0.3 is 6.18 Å². The van der Waals surface area contributed by atoms with E-state index in [0.717, 1.165) is 42.6 Å². The van der Waals surface area contributed by atoms with Crippen molar-refractivity contribution in [3.8, 4) is 0 Å². The number of fused-ring (bicyclic) bond motifs is 1. The second-order valence-electron chi connectivity index (χ2n) is 7.34. The van der Waals surface area contributed by atoms with Crippen LogP contribution in [-0.4, -0.2) is 47.8 Å². The van der Waals surface area contributed by atoms with Gasteiger partial charge < -0.3 is 10.2 Å². The summed E-state index contributed by atoms with van der Waals surface area (Å²) in [5.41, 5.74) is 2.50. The molecule has 2 aliphatic rings. The summed E-state index contributed by atoms with van der Waals surface area (Å²) < 4.78 is 40.3. The van der Waals surface area contributed by atoms with Crippen molar-refractivity contribution < 1.29 is 13.2 Å². The van der Waals surface area contributed by atoms with Gasteiger partial charge in [0.05, 0.1) is 22.0 Å². The summed E-state index contributed by atoms with van der Waals surface area (Å²) in [5.74, 6) is 0.540. The summed E-state index contributed by atoms with van der Waals surface area (Å²) in [6.07, 6.45) is -3.83. The summed E-state index contributed by atoms with van der Waals surface area (Å²) in [5, 5.41) is 9.38. The van der Waals surface area contributed by atoms with E-state index in [-0.39, 0.29) is 10.7 Å². The van der Waals surface area contributed by atoms with Crippen LogP contribution in [0.5, 0.6) is 0 Å². The number of aliphatic imine (C=N–C) groups is 1. The number of hydrogen-bond donors (Lipinski definition) is 1. The van der Waals surface area contributed by atoms with E-state index in [9.17, 15) is 13.2 Å². The van der Waals surface area contributed by atoms with Gasteiger partial charge in [0.25, 0.3) is 0 Å². The van der Waals surface area contributed by atoms with E-state index in [0.29, 0.717) is 24.6 Å². The predicted molar refractivity (Wildman–Crippen MR) is 111 cm³/mol. The van der Waals surface area contributed by atoms with Crippen LogP contribution >= 0.6 is 11.6 Å². The molecular formula is C20H25ClF3N5. The number of piperazine rings is 1. The molecule has 0 saturated carbocycles. The maximum Gasteiger partial charge on any atom is 0.417 e. The van der Waals surface area contributed by atoms with Gasteiger partial charge in [-0.05, 0) is 44.9 Å². The molecule has 2 heterocycles. The third-order valence-corrected chi connectivity index (χ3v) is 5.21. The van der Waals surface area contributed by atoms with E-state index in [2.05, 4.69) is 20.3 Å². The monoisotopic (exact) mass is 427 g/mol. The van der Waals surface area contributed by atoms with E-state index in [1.807, 2.05) is 27.7 Å². The Morgan fingerprint density at radius 2 is 1.86 bits per heavy atom. The van der Waals surface area contributed by atoms with Gasteiger partial charge in [-0.15, -0.1) is 0 Å². The molecule has 9 heteroatoms. The van der Waals surface area contributed by atoms with Crippen molar-refractivity contribution in [1.82, 2.24) is 15.2 Å². The number of hydrazone groups is 1. The topological polar surface area (TPSA) is 43.2 Å². The lowest BCUT2D eigenvalue weighted by molar-refractivity contribution is -0.137. The number of allylic oxidation sites excluding steroid dienone is 1. The summed E-state index contributed by atoms with van der Waals surface area (Å²) >= 11 is 6.03. The molecule has 1 N–H and O–H groups in total. The molecule has 0 atom stereocenters. The first kappa shape index (κ1) is 21.6. The molecule has 0 spiro atoms. The molecule has 5 nitrogen and oxygen atoms in total. The van der Waals surface area contributed by atoms with Gasteiger partial charge in [-0.1, -0.05) is 18.5 Å². The van der Waals surface area contributed by atoms with Gasteiger partial charge in [-0.2, -0.15) is 23.3 Å². The molecule has 1 aromatic rings. The van der Waals surface area contributed by atoms with Crippen molar-refractivity contribution >= 4 is 34.7 Å². The van der Waals surface area contributed by atoms with Gasteiger partial charge in [0.1, 0.15) is 0 Å². The Morgan fingerprint density at radius 1 is 1.21 bits per heavy atom. The van der Waals surface area contributed by atoms with Gasteiger partial charge in [0.2, 0.25) is 5.96 Å². The third-order valence-electron chi connectivity index (χ3n) is 4.90. The molecule has 2 aliphatic heterocycles. The molecule has 3 rings (SSSR count). The number of rotatable bonds is 2. The average molecular weight is 428 g/mol. The second kappa shape index (κ2) is 8.36. The summed E-state index contributed by atoms with van der Waals surface area (Å²) in [6.45, 7) is 10.7. The largest absolute Gasteiger partial charge is 0.417 e. The summed E-state index contributed by atoms with van der Waals surface area (Å²) in [4.78, 5) is 6.68. The van der Waals surface area contributed by atoms with Crippen LogP contribution in [0.2, 0.25) is 5.02 Å². The highest BCUT2D eigenvalue weighted by Gasteiger charge is 2.37. The molecule has 0 aromatic heterocycles. The quantitative estimate of drug-likeness (QED) is 0.667. The van der Waals surface area contributed by atoms with Crippen molar-refractivity contribution in [3.63, 3.8) is 0 Å². The Bertz CT molecular complexity index is 879. The smallest absolute Gasteiger partial charge is 0.338 e. The number of nitrogens with zero attached hydrogens (tertiary/aromatic N) is 4. The lowest BCUT2D eigenvalue weighted by atomic mass is 9.99. The van der Waals surface area contributed by atoms with Crippen LogP contribution in [0.3, 0.4) is 0 Å². The number of guanidine groups is 1. The molecular weight excluding hydrogens is 403 g/mol. The van der Waals surface area contributed by atoms with Gasteiger partial charge in [-0.3, -0.25) is 0 Å². The lowest BCUT2D eigenvalue weighted by Crippen LogP contribution is -2.51. The van der Waals surface area contributed by atoms with E-state index < -0.39 is 11.7 Å². The van der Waals surface area contributed by atoms with Crippen molar-refractivity contribution in [2.24, 2.45) is 10.1 Å². The first-order valence-electron chi connectivity index (χ1n) is 9.60. The zero-order chi connectivity index (χ0) is 21.3. The number of halogens is 4. The average Bonchev–Trinajstić information content (AvgIpc) is 2.66. The van der Waals surface area contributed by atoms with E-state index in [4.69, 9.17) is 11.6 Å². The van der Waals surface area contributed by atoms with Crippen LogP contribution in [-0.2, 0) is 6.18 Å². The molecule has 0 amide bonds. The Morgan fingerprint density at radius 3 is 2.41 bits per heavy atom. The Kier molecular flexibility index (Phi) is 6.24. The Balaban J connectivity index is 2.29. The minimum Gasteiger partial charge on any atom is -0.338 e. The normalized spacial score (nSPS) is 19.0. The molecule has 1 fully saturated rings. The Labute approximate surface area is 173 Å². The van der Waals surface area contributed by atoms with E-state index in [1.165, 1.54) is 6.07 Å². The highest BCUT2D eigenvalue weighted by Crippen LogP contribution is 2.44. The first-order chi connectivity index (χ1) is 13.6. The van der Waals surface area contributed by atoms with Crippen LogP contribution in [0.4, 0.5) is 18.9 Å². The summed E-state index contributed by atoms with van der Waals surface area (Å²) in [7, 11) is 0. The molecule has 0 radical (unpaired) electrons. The van der Waals surface area contributed by atoms with Crippen molar-refractivity contribution in [1.29, 1.82) is 0 Å². The SMILES string of the molecule is CCC(C)=C1c2cc(Cl)c(C(F)(F)F)cc2N=C(N2CCNCC2)N1N=C(C)C. The summed E-state index contributed by atoms with van der Waals surface area (Å²) in [6, 6.07) is 2.41. The van der Waals surface area contributed by atoms with Crippen LogP contribution in [0, 0.1) is 0 Å². The van der Waals surface area contributed by atoms with Crippen molar-refractivity contribution in [3.05, 3.63) is 33.9 Å². The molecule has 1 aromatic carbocycles. The zero-order valence-corrected chi connectivity index (χ0v) is 17.7. The maximum atomic E-state index is 13.4. The molecule has 1 saturated heterocycles. The fourth-order valence-corrected chi connectivity index (χ4v) is 3.64. The number of benzene rings is 1. The van der Waals surface area contributed by atoms with Crippen LogP contribution in [0.1, 0.15) is 45.2 Å². The number of hydrogen-bond acceptors (Lipinski definition) is 5. The highest BCUT2D eigenvalue weighted by atomic mass is 35.5. The molecule has 158 valence electrons. The standard InChI is InChI=1S/C20H25ClF3N5/c1-5-13(4)18-14-10-16(21)15(20(22,23)24)11-17(14)26-19(29(18)27-12(2)3)28-8-6-25-7-9-28/h10-11,25H,5-9H2,1-4H3. The van der Waals surface area contributed by atoms with E-state index in [1.54, 1.807) is 5.01 Å². The number of alkyl halides is 3. The molecule has 29 heavy (non-hydrogen) atoms. The molecule has 0 unspecified atom stereocenters. The second-order valence-corrected chi connectivity index (χ2v) is 7.74. The van der Waals surface area contributed by atoms with Crippen LogP contribution in [0.25, 0.3) is 5.70 Å². The lowest BCUT2D eigenvalue weighted by Gasteiger charge is -2.38. The fraction of sp³-hybridized carbons (Fsp3) is 0.500. The minimum absolute atomic E-state index is 0.262. The van der Waals surface area contributed by atoms with Crippen LogP contribution in [0.15, 0.2) is 27.8 Å². The first-order valence-corrected chi connectivity index (χ1v) is 9.98. The Hall–Kier alpha value is -2.06. The molecule has 0 bridgehead atoms. The maximum absolute atomic E-state index is 13.4. The highest BCUT2D eigenvalue weighted by molar-refractivity contribution is 6.31. The van der Waals surface area contributed by atoms with Gasteiger partial charge in [-0.25, -0.2) is 4.99 Å². The fourth-order valence-electron chi connectivity index (χ4n) is 3.37. The van der Waals surface area contributed by atoms with Gasteiger partial charge in [0.15, 0.2) is 0 Å². The third kappa shape index (κ3) is 4.43. The van der Waals surface area contributed by atoms with Crippen LogP contribution < -0.4 is 5.32 Å². The van der Waals surface area contributed by atoms with Gasteiger partial charge in [0, 0.05) is 37.5 Å². The number of nitrogens with one attached hydrogen (secondary N) is 1. The van der Waals surface area contributed by atoms with E-state index >= 15 is 0 Å². The predicted octanol–water partition coefficient (Wildman–Crippen LogP) is 5.10. The molecule has 0 aliphatic carbocycles. The zero-order valence-electron chi connectivity index (χ0n) is 17.0. The van der Waals surface area contributed by atoms with Crippen molar-refractivity contribution in [2.75, 3.05) is 26.2 Å². The van der Waals surface area contributed by atoms with Crippen molar-refractivity contribution in [2.45, 2.75) is 40.3 Å². The minimum atomic E-state index is -4.55.